The number of rotatable bonds is 5. The number of nitrogens with one attached hydrogen (secondary N) is 1. The SMILES string of the molecule is Brc1ccccc1CNc1cnn(Cc2ccccc2)c1. The summed E-state index contributed by atoms with van der Waals surface area (Å²) in [5, 5.41) is 7.78. The molecule has 1 N–H and O–H groups in total. The summed E-state index contributed by atoms with van der Waals surface area (Å²) in [6.07, 6.45) is 3.89. The fourth-order valence-electron chi connectivity index (χ4n) is 2.15. The van der Waals surface area contributed by atoms with Crippen LogP contribution in [0.4, 0.5) is 5.69 Å². The second kappa shape index (κ2) is 6.59. The number of nitrogens with zero attached hydrogens (tertiary/aromatic N) is 2. The molecule has 0 bridgehead atoms. The topological polar surface area (TPSA) is 29.9 Å². The molecule has 0 spiro atoms. The largest absolute Gasteiger partial charge is 0.378 e. The highest BCUT2D eigenvalue weighted by atomic mass is 79.9. The summed E-state index contributed by atoms with van der Waals surface area (Å²) in [6, 6.07) is 18.5. The third kappa shape index (κ3) is 3.73. The number of aromatic nitrogens is 2. The van der Waals surface area contributed by atoms with Gasteiger partial charge in [0.15, 0.2) is 0 Å². The molecule has 3 aromatic rings. The number of hydrogen-bond acceptors (Lipinski definition) is 2. The average molecular weight is 342 g/mol. The van der Waals surface area contributed by atoms with Crippen molar-refractivity contribution in [1.29, 1.82) is 0 Å². The molecule has 0 amide bonds. The van der Waals surface area contributed by atoms with Crippen molar-refractivity contribution in [3.63, 3.8) is 0 Å². The van der Waals surface area contributed by atoms with E-state index >= 15 is 0 Å². The summed E-state index contributed by atoms with van der Waals surface area (Å²) < 4.78 is 3.06. The summed E-state index contributed by atoms with van der Waals surface area (Å²) in [5.74, 6) is 0. The van der Waals surface area contributed by atoms with Crippen LogP contribution in [0.5, 0.6) is 0 Å². The Hall–Kier alpha value is -2.07. The van der Waals surface area contributed by atoms with Gasteiger partial charge in [-0.15, -0.1) is 0 Å². The molecule has 0 saturated heterocycles. The van der Waals surface area contributed by atoms with Crippen LogP contribution in [-0.4, -0.2) is 9.78 Å². The lowest BCUT2D eigenvalue weighted by atomic mass is 10.2. The Kier molecular flexibility index (Phi) is 4.36. The van der Waals surface area contributed by atoms with E-state index in [1.807, 2.05) is 47.4 Å². The van der Waals surface area contributed by atoms with E-state index in [1.54, 1.807) is 0 Å². The predicted molar refractivity (Wildman–Crippen MR) is 89.2 cm³/mol. The van der Waals surface area contributed by atoms with E-state index in [2.05, 4.69) is 50.6 Å². The van der Waals surface area contributed by atoms with Crippen molar-refractivity contribution < 1.29 is 0 Å². The molecular formula is C17H16BrN3. The van der Waals surface area contributed by atoms with Gasteiger partial charge in [-0.3, -0.25) is 4.68 Å². The standard InChI is InChI=1S/C17H16BrN3/c18-17-9-5-4-8-15(17)10-19-16-11-20-21(13-16)12-14-6-2-1-3-7-14/h1-9,11,13,19H,10,12H2. The number of anilines is 1. The molecule has 0 aliphatic heterocycles. The van der Waals surface area contributed by atoms with Crippen LogP contribution in [0.3, 0.4) is 0 Å². The van der Waals surface area contributed by atoms with Crippen molar-refractivity contribution in [3.8, 4) is 0 Å². The predicted octanol–water partition coefficient (Wildman–Crippen LogP) is 4.31. The van der Waals surface area contributed by atoms with Gasteiger partial charge in [-0.1, -0.05) is 64.5 Å². The highest BCUT2D eigenvalue weighted by Gasteiger charge is 2.01. The van der Waals surface area contributed by atoms with Gasteiger partial charge in [0.1, 0.15) is 0 Å². The van der Waals surface area contributed by atoms with Gasteiger partial charge in [0, 0.05) is 17.2 Å². The molecule has 0 unspecified atom stereocenters. The Bertz CT molecular complexity index is 707. The van der Waals surface area contributed by atoms with Crippen molar-refractivity contribution in [2.45, 2.75) is 13.1 Å². The maximum Gasteiger partial charge on any atom is 0.0729 e. The summed E-state index contributed by atoms with van der Waals surface area (Å²) in [4.78, 5) is 0. The van der Waals surface area contributed by atoms with Crippen molar-refractivity contribution in [1.82, 2.24) is 9.78 Å². The van der Waals surface area contributed by atoms with Gasteiger partial charge in [0.05, 0.1) is 18.4 Å². The van der Waals surface area contributed by atoms with Gasteiger partial charge in [0.2, 0.25) is 0 Å². The summed E-state index contributed by atoms with van der Waals surface area (Å²) in [5.41, 5.74) is 3.51. The fourth-order valence-corrected chi connectivity index (χ4v) is 2.58. The lowest BCUT2D eigenvalue weighted by Crippen LogP contribution is -2.00. The minimum Gasteiger partial charge on any atom is -0.378 e. The molecule has 1 heterocycles. The minimum absolute atomic E-state index is 0.776. The van der Waals surface area contributed by atoms with Gasteiger partial charge < -0.3 is 5.32 Å². The molecule has 3 nitrogen and oxygen atoms in total. The van der Waals surface area contributed by atoms with Crippen LogP contribution in [0.1, 0.15) is 11.1 Å². The molecular weight excluding hydrogens is 326 g/mol. The van der Waals surface area contributed by atoms with Gasteiger partial charge in [-0.25, -0.2) is 0 Å². The second-order valence-electron chi connectivity index (χ2n) is 4.86. The van der Waals surface area contributed by atoms with Crippen LogP contribution in [0.15, 0.2) is 71.5 Å². The zero-order valence-electron chi connectivity index (χ0n) is 11.5. The highest BCUT2D eigenvalue weighted by molar-refractivity contribution is 9.10. The smallest absolute Gasteiger partial charge is 0.0729 e. The molecule has 0 aliphatic carbocycles. The first-order valence-corrected chi connectivity index (χ1v) is 7.64. The Morgan fingerprint density at radius 1 is 1.00 bits per heavy atom. The van der Waals surface area contributed by atoms with Gasteiger partial charge in [-0.05, 0) is 17.2 Å². The summed E-state index contributed by atoms with van der Waals surface area (Å²) in [6.45, 7) is 1.57. The van der Waals surface area contributed by atoms with Crippen molar-refractivity contribution in [2.24, 2.45) is 0 Å². The molecule has 0 aliphatic rings. The van der Waals surface area contributed by atoms with E-state index in [0.717, 1.165) is 23.2 Å². The lowest BCUT2D eigenvalue weighted by molar-refractivity contribution is 0.687. The Morgan fingerprint density at radius 2 is 1.76 bits per heavy atom. The molecule has 1 aromatic heterocycles. The van der Waals surface area contributed by atoms with Crippen LogP contribution in [0.25, 0.3) is 0 Å². The van der Waals surface area contributed by atoms with Crippen LogP contribution in [0.2, 0.25) is 0 Å². The van der Waals surface area contributed by atoms with Gasteiger partial charge in [0.25, 0.3) is 0 Å². The van der Waals surface area contributed by atoms with Crippen LogP contribution >= 0.6 is 15.9 Å². The van der Waals surface area contributed by atoms with E-state index < -0.39 is 0 Å². The van der Waals surface area contributed by atoms with E-state index in [-0.39, 0.29) is 0 Å². The van der Waals surface area contributed by atoms with E-state index in [9.17, 15) is 0 Å². The molecule has 3 rings (SSSR count). The fraction of sp³-hybridized carbons (Fsp3) is 0.118. The summed E-state index contributed by atoms with van der Waals surface area (Å²) >= 11 is 3.56. The third-order valence-electron chi connectivity index (χ3n) is 3.26. The third-order valence-corrected chi connectivity index (χ3v) is 4.04. The van der Waals surface area contributed by atoms with E-state index in [0.29, 0.717) is 0 Å². The zero-order valence-corrected chi connectivity index (χ0v) is 13.1. The Labute approximate surface area is 132 Å². The van der Waals surface area contributed by atoms with E-state index in [1.165, 1.54) is 11.1 Å². The molecule has 106 valence electrons. The first-order valence-electron chi connectivity index (χ1n) is 6.85. The number of benzene rings is 2. The second-order valence-corrected chi connectivity index (χ2v) is 5.71. The van der Waals surface area contributed by atoms with Crippen LogP contribution in [0, 0.1) is 0 Å². The molecule has 4 heteroatoms. The molecule has 2 aromatic carbocycles. The van der Waals surface area contributed by atoms with E-state index in [4.69, 9.17) is 0 Å². The number of halogens is 1. The monoisotopic (exact) mass is 341 g/mol. The minimum atomic E-state index is 0.776. The van der Waals surface area contributed by atoms with Crippen molar-refractivity contribution in [2.75, 3.05) is 5.32 Å². The van der Waals surface area contributed by atoms with Gasteiger partial charge >= 0.3 is 0 Å². The molecule has 0 atom stereocenters. The molecule has 0 fully saturated rings. The van der Waals surface area contributed by atoms with Crippen molar-refractivity contribution in [3.05, 3.63) is 82.6 Å². The quantitative estimate of drug-likeness (QED) is 0.749. The van der Waals surface area contributed by atoms with Crippen LogP contribution < -0.4 is 5.32 Å². The first kappa shape index (κ1) is 13.9. The lowest BCUT2D eigenvalue weighted by Gasteiger charge is -2.05. The van der Waals surface area contributed by atoms with Crippen molar-refractivity contribution >= 4 is 21.6 Å². The average Bonchev–Trinajstić information content (AvgIpc) is 2.95. The highest BCUT2D eigenvalue weighted by Crippen LogP contribution is 2.17. The molecule has 21 heavy (non-hydrogen) atoms. The maximum atomic E-state index is 4.39. The summed E-state index contributed by atoms with van der Waals surface area (Å²) in [7, 11) is 0. The Balaban J connectivity index is 1.62. The molecule has 0 saturated carbocycles. The molecule has 0 radical (unpaired) electrons. The normalized spacial score (nSPS) is 10.5. The zero-order chi connectivity index (χ0) is 14.5. The Morgan fingerprint density at radius 3 is 2.57 bits per heavy atom. The number of hydrogen-bond donors (Lipinski definition) is 1. The maximum absolute atomic E-state index is 4.39. The van der Waals surface area contributed by atoms with Crippen LogP contribution in [-0.2, 0) is 13.1 Å². The first-order chi connectivity index (χ1) is 10.3. The van der Waals surface area contributed by atoms with Gasteiger partial charge in [-0.2, -0.15) is 5.10 Å².